The first-order valence-corrected chi connectivity index (χ1v) is 7.84. The second kappa shape index (κ2) is 5.38. The van der Waals surface area contributed by atoms with Crippen LogP contribution >= 0.6 is 0 Å². The highest BCUT2D eigenvalue weighted by atomic mass is 16.3. The van der Waals surface area contributed by atoms with Gasteiger partial charge in [-0.3, -0.25) is 0 Å². The minimum atomic E-state index is -0.551. The number of hydrogen-bond acceptors (Lipinski definition) is 3. The zero-order chi connectivity index (χ0) is 14.2. The molecular formula is C17H26N2O. The normalized spacial score (nSPS) is 26.9. The molecule has 0 radical (unpaired) electrons. The largest absolute Gasteiger partial charge is 0.388 e. The molecule has 1 aromatic carbocycles. The number of β-amino-alcohol motifs (C(OH)–C–C–N with tert-alkyl or cyclic N) is 1. The summed E-state index contributed by atoms with van der Waals surface area (Å²) in [7, 11) is 0. The van der Waals surface area contributed by atoms with E-state index in [-0.39, 0.29) is 0 Å². The summed E-state index contributed by atoms with van der Waals surface area (Å²) in [5.74, 6) is 0. The topological polar surface area (TPSA) is 35.5 Å². The van der Waals surface area contributed by atoms with Crippen molar-refractivity contribution < 1.29 is 5.11 Å². The van der Waals surface area contributed by atoms with Gasteiger partial charge in [0.25, 0.3) is 0 Å². The van der Waals surface area contributed by atoms with Crippen LogP contribution in [0.15, 0.2) is 18.2 Å². The Labute approximate surface area is 122 Å². The van der Waals surface area contributed by atoms with E-state index in [9.17, 15) is 5.11 Å². The van der Waals surface area contributed by atoms with Crippen molar-refractivity contribution in [2.45, 2.75) is 57.7 Å². The summed E-state index contributed by atoms with van der Waals surface area (Å²) in [4.78, 5) is 2.35. The molecule has 3 heteroatoms. The molecule has 3 nitrogen and oxygen atoms in total. The molecule has 0 amide bonds. The summed E-state index contributed by atoms with van der Waals surface area (Å²) in [5.41, 5.74) is 3.42. The van der Waals surface area contributed by atoms with Crippen LogP contribution in [0.2, 0.25) is 0 Å². The molecule has 1 saturated heterocycles. The van der Waals surface area contributed by atoms with Gasteiger partial charge >= 0.3 is 0 Å². The number of aliphatic hydroxyl groups is 1. The average molecular weight is 274 g/mol. The molecule has 1 atom stereocenters. The lowest BCUT2D eigenvalue weighted by molar-refractivity contribution is 0.0449. The third-order valence-corrected chi connectivity index (χ3v) is 4.41. The van der Waals surface area contributed by atoms with E-state index in [2.05, 4.69) is 35.3 Å². The Morgan fingerprint density at radius 2 is 2.20 bits per heavy atom. The Hall–Kier alpha value is -1.06. The van der Waals surface area contributed by atoms with Crippen LogP contribution < -0.4 is 10.2 Å². The summed E-state index contributed by atoms with van der Waals surface area (Å²) in [6, 6.07) is 7.42. The number of nitrogens with one attached hydrogen (secondary N) is 1. The van der Waals surface area contributed by atoms with Crippen LogP contribution in [0, 0.1) is 6.92 Å². The van der Waals surface area contributed by atoms with Gasteiger partial charge in [-0.05, 0) is 51.2 Å². The van der Waals surface area contributed by atoms with Gasteiger partial charge in [0, 0.05) is 31.4 Å². The van der Waals surface area contributed by atoms with Crippen molar-refractivity contribution in [3.05, 3.63) is 29.3 Å². The van der Waals surface area contributed by atoms with Crippen molar-refractivity contribution in [1.82, 2.24) is 5.32 Å². The maximum atomic E-state index is 10.3. The quantitative estimate of drug-likeness (QED) is 0.886. The van der Waals surface area contributed by atoms with Crippen LogP contribution in [-0.4, -0.2) is 29.8 Å². The van der Waals surface area contributed by atoms with E-state index in [0.29, 0.717) is 0 Å². The molecule has 0 aromatic heterocycles. The van der Waals surface area contributed by atoms with E-state index in [0.717, 1.165) is 38.5 Å². The summed E-state index contributed by atoms with van der Waals surface area (Å²) < 4.78 is 0. The predicted molar refractivity (Wildman–Crippen MR) is 83.1 cm³/mol. The van der Waals surface area contributed by atoms with Gasteiger partial charge in [0.05, 0.1) is 5.60 Å². The Morgan fingerprint density at radius 1 is 1.40 bits per heavy atom. The number of rotatable bonds is 4. The van der Waals surface area contributed by atoms with Crippen molar-refractivity contribution in [2.75, 3.05) is 18.0 Å². The molecule has 1 aliphatic heterocycles. The highest BCUT2D eigenvalue weighted by Crippen LogP contribution is 2.29. The number of nitrogens with zero attached hydrogens (tertiary/aromatic N) is 1. The Morgan fingerprint density at radius 3 is 2.90 bits per heavy atom. The third kappa shape index (κ3) is 3.33. The lowest BCUT2D eigenvalue weighted by atomic mass is 9.94. The fourth-order valence-electron chi connectivity index (χ4n) is 3.13. The number of aryl methyl sites for hydroxylation is 1. The monoisotopic (exact) mass is 274 g/mol. The van der Waals surface area contributed by atoms with Gasteiger partial charge in [-0.15, -0.1) is 0 Å². The van der Waals surface area contributed by atoms with Crippen LogP contribution in [0.4, 0.5) is 5.69 Å². The maximum Gasteiger partial charge on any atom is 0.0794 e. The lowest BCUT2D eigenvalue weighted by Crippen LogP contribution is -2.46. The van der Waals surface area contributed by atoms with E-state index < -0.39 is 5.60 Å². The third-order valence-electron chi connectivity index (χ3n) is 4.41. The van der Waals surface area contributed by atoms with Gasteiger partial charge in [0.15, 0.2) is 0 Å². The van der Waals surface area contributed by atoms with Crippen LogP contribution in [-0.2, 0) is 6.54 Å². The second-order valence-electron chi connectivity index (χ2n) is 6.81. The average Bonchev–Trinajstić information content (AvgIpc) is 3.19. The van der Waals surface area contributed by atoms with Crippen molar-refractivity contribution in [3.63, 3.8) is 0 Å². The zero-order valence-corrected chi connectivity index (χ0v) is 12.7. The van der Waals surface area contributed by atoms with E-state index in [1.807, 2.05) is 6.92 Å². The molecule has 1 heterocycles. The summed E-state index contributed by atoms with van der Waals surface area (Å²) in [5, 5.41) is 13.9. The molecule has 2 aliphatic rings. The highest BCUT2D eigenvalue weighted by molar-refractivity contribution is 5.55. The highest BCUT2D eigenvalue weighted by Gasteiger charge is 2.29. The molecule has 3 rings (SSSR count). The Balaban J connectivity index is 1.79. The van der Waals surface area contributed by atoms with Crippen molar-refractivity contribution >= 4 is 5.69 Å². The molecule has 2 fully saturated rings. The molecule has 110 valence electrons. The van der Waals surface area contributed by atoms with E-state index >= 15 is 0 Å². The van der Waals surface area contributed by atoms with Gasteiger partial charge in [-0.2, -0.15) is 0 Å². The van der Waals surface area contributed by atoms with Crippen LogP contribution in [0.1, 0.15) is 43.7 Å². The van der Waals surface area contributed by atoms with Crippen molar-refractivity contribution in [2.24, 2.45) is 0 Å². The van der Waals surface area contributed by atoms with Gasteiger partial charge in [-0.25, -0.2) is 0 Å². The first kappa shape index (κ1) is 13.9. The number of piperidine rings is 1. The van der Waals surface area contributed by atoms with E-state index in [1.54, 1.807) is 0 Å². The number of hydrogen-bond donors (Lipinski definition) is 2. The maximum absolute atomic E-state index is 10.3. The van der Waals surface area contributed by atoms with Gasteiger partial charge in [0.2, 0.25) is 0 Å². The molecule has 1 aromatic rings. The predicted octanol–water partition coefficient (Wildman–Crippen LogP) is 2.60. The summed E-state index contributed by atoms with van der Waals surface area (Å²) in [6.45, 7) is 6.84. The van der Waals surface area contributed by atoms with E-state index in [1.165, 1.54) is 29.7 Å². The van der Waals surface area contributed by atoms with Crippen LogP contribution in [0.25, 0.3) is 0 Å². The number of anilines is 1. The molecule has 0 bridgehead atoms. The molecule has 0 spiro atoms. The molecule has 1 unspecified atom stereocenters. The SMILES string of the molecule is Cc1ccc(N2CCCC(C)(O)C2)c(CNC2CC2)c1. The number of benzene rings is 1. The molecule has 1 aliphatic carbocycles. The zero-order valence-electron chi connectivity index (χ0n) is 12.7. The van der Waals surface area contributed by atoms with E-state index in [4.69, 9.17) is 0 Å². The molecule has 1 saturated carbocycles. The molecule has 2 N–H and O–H groups in total. The Kier molecular flexibility index (Phi) is 3.74. The van der Waals surface area contributed by atoms with Crippen molar-refractivity contribution in [1.29, 1.82) is 0 Å². The fourth-order valence-corrected chi connectivity index (χ4v) is 3.13. The van der Waals surface area contributed by atoms with Crippen molar-refractivity contribution in [3.8, 4) is 0 Å². The molecular weight excluding hydrogens is 248 g/mol. The van der Waals surface area contributed by atoms with Crippen LogP contribution in [0.5, 0.6) is 0 Å². The summed E-state index contributed by atoms with van der Waals surface area (Å²) >= 11 is 0. The minimum Gasteiger partial charge on any atom is -0.388 e. The molecule has 20 heavy (non-hydrogen) atoms. The summed E-state index contributed by atoms with van der Waals surface area (Å²) in [6.07, 6.45) is 4.61. The van der Waals surface area contributed by atoms with Crippen LogP contribution in [0.3, 0.4) is 0 Å². The first-order valence-electron chi connectivity index (χ1n) is 7.84. The Bertz CT molecular complexity index is 480. The second-order valence-corrected chi connectivity index (χ2v) is 6.81. The first-order chi connectivity index (χ1) is 9.53. The fraction of sp³-hybridized carbons (Fsp3) is 0.647. The van der Waals surface area contributed by atoms with Gasteiger partial charge in [-0.1, -0.05) is 17.7 Å². The van der Waals surface area contributed by atoms with Gasteiger partial charge < -0.3 is 15.3 Å². The smallest absolute Gasteiger partial charge is 0.0794 e. The standard InChI is InChI=1S/C17H26N2O/c1-13-4-7-16(14(10-13)11-18-15-5-6-15)19-9-3-8-17(2,20)12-19/h4,7,10,15,18,20H,3,5-6,8-9,11-12H2,1-2H3. The van der Waals surface area contributed by atoms with Gasteiger partial charge in [0.1, 0.15) is 0 Å². The minimum absolute atomic E-state index is 0.551. The lowest BCUT2D eigenvalue weighted by Gasteiger charge is -2.39.